The van der Waals surface area contributed by atoms with Crippen LogP contribution in [0.4, 0.5) is 5.69 Å². The van der Waals surface area contributed by atoms with Crippen LogP contribution in [0.1, 0.15) is 26.2 Å². The fourth-order valence-corrected chi connectivity index (χ4v) is 1.99. The zero-order valence-electron chi connectivity index (χ0n) is 12.0. The van der Waals surface area contributed by atoms with Gasteiger partial charge in [-0.2, -0.15) is 0 Å². The monoisotopic (exact) mass is 300 g/mol. The van der Waals surface area contributed by atoms with Crippen LogP contribution in [0.25, 0.3) is 0 Å². The summed E-state index contributed by atoms with van der Waals surface area (Å²) in [5.74, 6) is 0.892. The largest absolute Gasteiger partial charge is 0.495 e. The number of rotatable bonds is 7. The molecule has 0 saturated heterocycles. The molecule has 0 aromatic heterocycles. The molecule has 0 aliphatic heterocycles. The standard InChI is InChI=1S/C14H21ClN2O3/c1-9(16)5-4-6-14(18)17-11-8-12(19-2)10(15)7-13(11)20-3/h7-9H,4-6,16H2,1-3H3,(H,17,18). The molecule has 3 N–H and O–H groups in total. The first kappa shape index (κ1) is 16.6. The predicted molar refractivity (Wildman–Crippen MR) is 80.7 cm³/mol. The van der Waals surface area contributed by atoms with E-state index in [1.807, 2.05) is 6.92 Å². The number of amides is 1. The Balaban J connectivity index is 2.72. The smallest absolute Gasteiger partial charge is 0.224 e. The molecule has 0 aliphatic rings. The summed E-state index contributed by atoms with van der Waals surface area (Å²) in [6, 6.07) is 3.36. The van der Waals surface area contributed by atoms with Gasteiger partial charge < -0.3 is 20.5 Å². The molecule has 1 amide bonds. The first-order chi connectivity index (χ1) is 9.47. The van der Waals surface area contributed by atoms with Gasteiger partial charge in [0.1, 0.15) is 11.5 Å². The molecule has 0 spiro atoms. The summed E-state index contributed by atoms with van der Waals surface area (Å²) in [6.45, 7) is 1.92. The van der Waals surface area contributed by atoms with Crippen LogP contribution in [0.15, 0.2) is 12.1 Å². The molecule has 0 bridgehead atoms. The van der Waals surface area contributed by atoms with Crippen molar-refractivity contribution in [3.8, 4) is 11.5 Å². The third-order valence-corrected chi connectivity index (χ3v) is 3.11. The zero-order chi connectivity index (χ0) is 15.1. The fraction of sp³-hybridized carbons (Fsp3) is 0.500. The quantitative estimate of drug-likeness (QED) is 0.812. The predicted octanol–water partition coefficient (Wildman–Crippen LogP) is 2.81. The lowest BCUT2D eigenvalue weighted by Crippen LogP contribution is -2.17. The zero-order valence-corrected chi connectivity index (χ0v) is 12.8. The highest BCUT2D eigenvalue weighted by atomic mass is 35.5. The number of hydrogen-bond acceptors (Lipinski definition) is 4. The molecule has 0 fully saturated rings. The van der Waals surface area contributed by atoms with E-state index < -0.39 is 0 Å². The average molecular weight is 301 g/mol. The average Bonchev–Trinajstić information content (AvgIpc) is 2.39. The summed E-state index contributed by atoms with van der Waals surface area (Å²) in [6.07, 6.45) is 1.97. The van der Waals surface area contributed by atoms with E-state index in [1.54, 1.807) is 12.1 Å². The minimum absolute atomic E-state index is 0.0895. The molecule has 0 aliphatic carbocycles. The van der Waals surface area contributed by atoms with Crippen molar-refractivity contribution in [2.75, 3.05) is 19.5 Å². The molecule has 20 heavy (non-hydrogen) atoms. The topological polar surface area (TPSA) is 73.6 Å². The van der Waals surface area contributed by atoms with E-state index in [4.69, 9.17) is 26.8 Å². The Labute approximate surface area is 124 Å². The Morgan fingerprint density at radius 3 is 2.55 bits per heavy atom. The lowest BCUT2D eigenvalue weighted by atomic mass is 10.1. The second-order valence-corrected chi connectivity index (χ2v) is 5.01. The molecular formula is C14H21ClN2O3. The Kier molecular flexibility index (Phi) is 6.61. The van der Waals surface area contributed by atoms with Gasteiger partial charge in [0.2, 0.25) is 5.91 Å². The van der Waals surface area contributed by atoms with Crippen LogP contribution in [0.3, 0.4) is 0 Å². The van der Waals surface area contributed by atoms with Crippen molar-refractivity contribution >= 4 is 23.2 Å². The summed E-state index contributed by atoms with van der Waals surface area (Å²) in [5, 5.41) is 3.22. The van der Waals surface area contributed by atoms with E-state index in [1.165, 1.54) is 14.2 Å². The van der Waals surface area contributed by atoms with E-state index in [2.05, 4.69) is 5.32 Å². The highest BCUT2D eigenvalue weighted by molar-refractivity contribution is 6.32. The van der Waals surface area contributed by atoms with Gasteiger partial charge >= 0.3 is 0 Å². The van der Waals surface area contributed by atoms with E-state index >= 15 is 0 Å². The van der Waals surface area contributed by atoms with E-state index in [0.29, 0.717) is 28.6 Å². The molecular weight excluding hydrogens is 280 g/mol. The van der Waals surface area contributed by atoms with Gasteiger partial charge in [-0.15, -0.1) is 0 Å². The number of halogens is 1. The normalized spacial score (nSPS) is 11.8. The number of methoxy groups -OCH3 is 2. The number of anilines is 1. The maximum Gasteiger partial charge on any atom is 0.224 e. The number of nitrogens with two attached hydrogens (primary N) is 1. The highest BCUT2D eigenvalue weighted by Gasteiger charge is 2.12. The molecule has 112 valence electrons. The van der Waals surface area contributed by atoms with Gasteiger partial charge in [0.15, 0.2) is 0 Å². The molecule has 1 aromatic rings. The van der Waals surface area contributed by atoms with Gasteiger partial charge in [0.25, 0.3) is 0 Å². The minimum atomic E-state index is -0.0895. The van der Waals surface area contributed by atoms with Crippen molar-refractivity contribution in [1.29, 1.82) is 0 Å². The molecule has 6 heteroatoms. The Morgan fingerprint density at radius 2 is 2.00 bits per heavy atom. The highest BCUT2D eigenvalue weighted by Crippen LogP contribution is 2.35. The maximum absolute atomic E-state index is 11.9. The first-order valence-corrected chi connectivity index (χ1v) is 6.82. The molecule has 1 aromatic carbocycles. The number of carbonyl (C=O) groups excluding carboxylic acids is 1. The third kappa shape index (κ3) is 4.90. The first-order valence-electron chi connectivity index (χ1n) is 6.45. The number of benzene rings is 1. The molecule has 0 heterocycles. The van der Waals surface area contributed by atoms with Gasteiger partial charge in [0, 0.05) is 24.6 Å². The van der Waals surface area contributed by atoms with Crippen LogP contribution in [0, 0.1) is 0 Å². The summed E-state index contributed by atoms with van der Waals surface area (Å²) in [7, 11) is 3.03. The summed E-state index contributed by atoms with van der Waals surface area (Å²) in [5.41, 5.74) is 6.19. The van der Waals surface area contributed by atoms with Crippen molar-refractivity contribution in [3.05, 3.63) is 17.2 Å². The molecule has 1 atom stereocenters. The maximum atomic E-state index is 11.9. The van der Waals surface area contributed by atoms with E-state index in [0.717, 1.165) is 12.8 Å². The van der Waals surface area contributed by atoms with Gasteiger partial charge in [0.05, 0.1) is 24.9 Å². The van der Waals surface area contributed by atoms with Crippen LogP contribution in [0.5, 0.6) is 11.5 Å². The molecule has 5 nitrogen and oxygen atoms in total. The molecule has 1 unspecified atom stereocenters. The number of hydrogen-bond donors (Lipinski definition) is 2. The van der Waals surface area contributed by atoms with Crippen LogP contribution in [-0.4, -0.2) is 26.2 Å². The lowest BCUT2D eigenvalue weighted by Gasteiger charge is -2.13. The SMILES string of the molecule is COc1cc(NC(=O)CCCC(C)N)c(OC)cc1Cl. The van der Waals surface area contributed by atoms with Crippen LogP contribution in [-0.2, 0) is 4.79 Å². The van der Waals surface area contributed by atoms with Gasteiger partial charge in [-0.1, -0.05) is 11.6 Å². The number of carbonyl (C=O) groups is 1. The fourth-order valence-electron chi connectivity index (χ4n) is 1.76. The molecule has 1 rings (SSSR count). The van der Waals surface area contributed by atoms with Crippen LogP contribution in [0.2, 0.25) is 5.02 Å². The van der Waals surface area contributed by atoms with Crippen molar-refractivity contribution in [2.45, 2.75) is 32.2 Å². The van der Waals surface area contributed by atoms with Crippen molar-refractivity contribution in [2.24, 2.45) is 5.73 Å². The van der Waals surface area contributed by atoms with Crippen molar-refractivity contribution in [1.82, 2.24) is 0 Å². The van der Waals surface area contributed by atoms with Gasteiger partial charge in [-0.05, 0) is 19.8 Å². The number of ether oxygens (including phenoxy) is 2. The second-order valence-electron chi connectivity index (χ2n) is 4.60. The third-order valence-electron chi connectivity index (χ3n) is 2.81. The Morgan fingerprint density at radius 1 is 1.35 bits per heavy atom. The lowest BCUT2D eigenvalue weighted by molar-refractivity contribution is -0.116. The van der Waals surface area contributed by atoms with Gasteiger partial charge in [-0.3, -0.25) is 4.79 Å². The Bertz CT molecular complexity index is 464. The van der Waals surface area contributed by atoms with Crippen LogP contribution >= 0.6 is 11.6 Å². The van der Waals surface area contributed by atoms with Crippen LogP contribution < -0.4 is 20.5 Å². The second kappa shape index (κ2) is 7.97. The van der Waals surface area contributed by atoms with Gasteiger partial charge in [-0.25, -0.2) is 0 Å². The number of nitrogens with one attached hydrogen (secondary N) is 1. The summed E-state index contributed by atoms with van der Waals surface area (Å²) in [4.78, 5) is 11.9. The van der Waals surface area contributed by atoms with E-state index in [-0.39, 0.29) is 11.9 Å². The van der Waals surface area contributed by atoms with Crippen molar-refractivity contribution in [3.63, 3.8) is 0 Å². The van der Waals surface area contributed by atoms with E-state index in [9.17, 15) is 4.79 Å². The molecule has 0 saturated carbocycles. The molecule has 0 radical (unpaired) electrons. The summed E-state index contributed by atoms with van der Waals surface area (Å²) >= 11 is 6.00. The Hall–Kier alpha value is -1.46. The summed E-state index contributed by atoms with van der Waals surface area (Å²) < 4.78 is 10.3. The van der Waals surface area contributed by atoms with Crippen molar-refractivity contribution < 1.29 is 14.3 Å². The minimum Gasteiger partial charge on any atom is -0.495 e.